The Hall–Kier alpha value is -1.88. The molecule has 2 aromatic carbocycles. The lowest BCUT2D eigenvalue weighted by Gasteiger charge is -2.39. The molecule has 0 aliphatic carbocycles. The fourth-order valence-electron chi connectivity index (χ4n) is 4.15. The minimum Gasteiger partial charge on any atom is -0.497 e. The van der Waals surface area contributed by atoms with Crippen molar-refractivity contribution < 1.29 is 9.47 Å². The van der Waals surface area contributed by atoms with E-state index in [1.54, 1.807) is 7.11 Å². The average molecular weight is 338 g/mol. The molecule has 1 spiro atoms. The van der Waals surface area contributed by atoms with Crippen molar-refractivity contribution >= 4 is 0 Å². The third-order valence-electron chi connectivity index (χ3n) is 5.43. The van der Waals surface area contributed by atoms with Crippen LogP contribution in [0.4, 0.5) is 0 Å². The number of hydrazine groups is 1. The van der Waals surface area contributed by atoms with E-state index in [2.05, 4.69) is 59.8 Å². The zero-order valence-corrected chi connectivity index (χ0v) is 15.0. The molecule has 2 aromatic rings. The number of hydrogen-bond acceptors (Lipinski definition) is 4. The smallest absolute Gasteiger partial charge is 0.119 e. The van der Waals surface area contributed by atoms with Crippen molar-refractivity contribution in [3.05, 3.63) is 65.2 Å². The second-order valence-corrected chi connectivity index (χ2v) is 6.85. The van der Waals surface area contributed by atoms with E-state index in [0.717, 1.165) is 38.2 Å². The minimum absolute atomic E-state index is 0.00721. The molecule has 2 aliphatic heterocycles. The van der Waals surface area contributed by atoms with Gasteiger partial charge in [0, 0.05) is 19.6 Å². The summed E-state index contributed by atoms with van der Waals surface area (Å²) in [6.45, 7) is 5.09. The summed E-state index contributed by atoms with van der Waals surface area (Å²) >= 11 is 0. The van der Waals surface area contributed by atoms with Crippen molar-refractivity contribution in [2.24, 2.45) is 0 Å². The van der Waals surface area contributed by atoms with Crippen molar-refractivity contribution in [1.82, 2.24) is 10.4 Å². The Kier molecular flexibility index (Phi) is 4.50. The predicted molar refractivity (Wildman–Crippen MR) is 98.5 cm³/mol. The predicted octanol–water partition coefficient (Wildman–Crippen LogP) is 3.63. The molecule has 1 fully saturated rings. The number of nitrogens with zero attached hydrogens (tertiary/aromatic N) is 1. The summed E-state index contributed by atoms with van der Waals surface area (Å²) in [5.41, 5.74) is 7.03. The van der Waals surface area contributed by atoms with Crippen LogP contribution in [0.2, 0.25) is 0 Å². The molecule has 0 bridgehead atoms. The summed E-state index contributed by atoms with van der Waals surface area (Å²) in [6.07, 6.45) is 1.99. The lowest BCUT2D eigenvalue weighted by molar-refractivity contribution is -0.103. The maximum Gasteiger partial charge on any atom is 0.119 e. The van der Waals surface area contributed by atoms with Crippen LogP contribution < -0.4 is 10.2 Å². The van der Waals surface area contributed by atoms with Crippen molar-refractivity contribution in [2.75, 3.05) is 26.7 Å². The SMILES string of the molecule is CCNN1CCC2(CC1)OC(c1ccccc1)c1ccc(OC)cc12. The molecule has 1 saturated heterocycles. The van der Waals surface area contributed by atoms with Crippen LogP contribution >= 0.6 is 0 Å². The van der Waals surface area contributed by atoms with Crippen LogP contribution in [0.5, 0.6) is 5.75 Å². The molecule has 0 radical (unpaired) electrons. The molecule has 0 aromatic heterocycles. The monoisotopic (exact) mass is 338 g/mol. The topological polar surface area (TPSA) is 33.7 Å². The van der Waals surface area contributed by atoms with E-state index in [-0.39, 0.29) is 11.7 Å². The Balaban J connectivity index is 1.70. The molecule has 1 N–H and O–H groups in total. The van der Waals surface area contributed by atoms with Gasteiger partial charge in [0.05, 0.1) is 12.7 Å². The number of methoxy groups -OCH3 is 1. The quantitative estimate of drug-likeness (QED) is 0.923. The Morgan fingerprint density at radius 2 is 1.92 bits per heavy atom. The van der Waals surface area contributed by atoms with Gasteiger partial charge in [0.2, 0.25) is 0 Å². The number of rotatable bonds is 4. The van der Waals surface area contributed by atoms with Gasteiger partial charge in [0.15, 0.2) is 0 Å². The van der Waals surface area contributed by atoms with Crippen molar-refractivity contribution in [3.63, 3.8) is 0 Å². The molecule has 2 heterocycles. The largest absolute Gasteiger partial charge is 0.497 e. The van der Waals surface area contributed by atoms with E-state index >= 15 is 0 Å². The van der Waals surface area contributed by atoms with Crippen LogP contribution in [0.15, 0.2) is 48.5 Å². The normalized spacial score (nSPS) is 22.1. The summed E-state index contributed by atoms with van der Waals surface area (Å²) in [7, 11) is 1.73. The molecule has 25 heavy (non-hydrogen) atoms. The fraction of sp³-hybridized carbons (Fsp3) is 0.429. The summed E-state index contributed by atoms with van der Waals surface area (Å²) in [6, 6.07) is 16.9. The Labute approximate surface area is 149 Å². The van der Waals surface area contributed by atoms with E-state index in [1.165, 1.54) is 16.7 Å². The Morgan fingerprint density at radius 3 is 2.60 bits per heavy atom. The zero-order valence-electron chi connectivity index (χ0n) is 15.0. The minimum atomic E-state index is -0.212. The molecule has 2 aliphatic rings. The number of fused-ring (bicyclic) bond motifs is 2. The van der Waals surface area contributed by atoms with E-state index in [4.69, 9.17) is 9.47 Å². The van der Waals surface area contributed by atoms with E-state index < -0.39 is 0 Å². The van der Waals surface area contributed by atoms with E-state index in [0.29, 0.717) is 0 Å². The molecule has 0 amide bonds. The lowest BCUT2D eigenvalue weighted by atomic mass is 9.83. The Bertz CT molecular complexity index is 724. The van der Waals surface area contributed by atoms with Gasteiger partial charge in [0.1, 0.15) is 11.9 Å². The second kappa shape index (κ2) is 6.79. The third-order valence-corrected chi connectivity index (χ3v) is 5.43. The van der Waals surface area contributed by atoms with Gasteiger partial charge in [-0.2, -0.15) is 0 Å². The number of piperidine rings is 1. The molecule has 1 unspecified atom stereocenters. The fourth-order valence-corrected chi connectivity index (χ4v) is 4.15. The first-order valence-corrected chi connectivity index (χ1v) is 9.15. The van der Waals surface area contributed by atoms with Crippen molar-refractivity contribution in [1.29, 1.82) is 0 Å². The number of ether oxygens (including phenoxy) is 2. The van der Waals surface area contributed by atoms with Crippen molar-refractivity contribution in [3.8, 4) is 5.75 Å². The van der Waals surface area contributed by atoms with E-state index in [1.807, 2.05) is 6.07 Å². The molecular weight excluding hydrogens is 312 g/mol. The van der Waals surface area contributed by atoms with Gasteiger partial charge in [-0.3, -0.25) is 5.43 Å². The summed E-state index contributed by atoms with van der Waals surface area (Å²) in [5, 5.41) is 2.31. The highest BCUT2D eigenvalue weighted by atomic mass is 16.5. The van der Waals surface area contributed by atoms with Crippen LogP contribution in [0.1, 0.15) is 42.6 Å². The lowest BCUT2D eigenvalue weighted by Crippen LogP contribution is -2.48. The highest BCUT2D eigenvalue weighted by Crippen LogP contribution is 2.52. The first kappa shape index (κ1) is 16.6. The molecular formula is C21H26N2O2. The standard InChI is InChI=1S/C21H26N2O2/c1-3-22-23-13-11-21(12-14-23)19-15-17(24-2)9-10-18(19)20(25-21)16-7-5-4-6-8-16/h4-10,15,20,22H,3,11-14H2,1-2H3. The first-order chi connectivity index (χ1) is 12.3. The first-order valence-electron chi connectivity index (χ1n) is 9.15. The van der Waals surface area contributed by atoms with Gasteiger partial charge in [0.25, 0.3) is 0 Å². The maximum absolute atomic E-state index is 6.76. The Morgan fingerprint density at radius 1 is 1.16 bits per heavy atom. The molecule has 4 nitrogen and oxygen atoms in total. The molecule has 0 saturated carbocycles. The van der Waals surface area contributed by atoms with Crippen LogP contribution in [-0.2, 0) is 10.3 Å². The molecule has 4 heteroatoms. The third kappa shape index (κ3) is 2.95. The summed E-state index contributed by atoms with van der Waals surface area (Å²) in [5.74, 6) is 0.907. The second-order valence-electron chi connectivity index (χ2n) is 6.85. The highest BCUT2D eigenvalue weighted by molar-refractivity contribution is 5.47. The number of benzene rings is 2. The van der Waals surface area contributed by atoms with Crippen molar-refractivity contribution in [2.45, 2.75) is 31.5 Å². The van der Waals surface area contributed by atoms with Gasteiger partial charge < -0.3 is 9.47 Å². The van der Waals surface area contributed by atoms with Gasteiger partial charge in [-0.25, -0.2) is 5.01 Å². The van der Waals surface area contributed by atoms with Gasteiger partial charge in [-0.1, -0.05) is 43.3 Å². The number of hydrogen-bond donors (Lipinski definition) is 1. The van der Waals surface area contributed by atoms with E-state index in [9.17, 15) is 0 Å². The summed E-state index contributed by atoms with van der Waals surface area (Å²) in [4.78, 5) is 0. The molecule has 1 atom stereocenters. The zero-order chi connectivity index (χ0) is 17.3. The summed E-state index contributed by atoms with van der Waals surface area (Å²) < 4.78 is 12.3. The maximum atomic E-state index is 6.76. The van der Waals surface area contributed by atoms with Gasteiger partial charge in [-0.05, 0) is 41.7 Å². The molecule has 132 valence electrons. The van der Waals surface area contributed by atoms with Crippen LogP contribution in [-0.4, -0.2) is 31.8 Å². The molecule has 4 rings (SSSR count). The van der Waals surface area contributed by atoms with Gasteiger partial charge >= 0.3 is 0 Å². The average Bonchev–Trinajstić information content (AvgIpc) is 2.98. The van der Waals surface area contributed by atoms with Crippen LogP contribution in [0.25, 0.3) is 0 Å². The highest BCUT2D eigenvalue weighted by Gasteiger charge is 2.47. The number of nitrogens with one attached hydrogen (secondary N) is 1. The van der Waals surface area contributed by atoms with Crippen LogP contribution in [0, 0.1) is 0 Å². The van der Waals surface area contributed by atoms with Gasteiger partial charge in [-0.15, -0.1) is 0 Å². The van der Waals surface area contributed by atoms with Crippen LogP contribution in [0.3, 0.4) is 0 Å².